The Balaban J connectivity index is 2.42. The van der Waals surface area contributed by atoms with Crippen molar-refractivity contribution in [1.82, 2.24) is 4.90 Å². The van der Waals surface area contributed by atoms with Crippen molar-refractivity contribution < 1.29 is 18.7 Å². The lowest BCUT2D eigenvalue weighted by Crippen LogP contribution is -2.35. The van der Waals surface area contributed by atoms with Crippen LogP contribution in [0, 0.1) is 6.92 Å². The SMILES string of the molecule is COc1ccc2oc(C(=O)N(C)CC(N)=O)c(C)c2c1. The second-order valence-electron chi connectivity index (χ2n) is 4.55. The number of rotatable bonds is 4. The number of nitrogens with zero attached hydrogens (tertiary/aromatic N) is 1. The Hall–Kier alpha value is -2.50. The number of hydrogen-bond acceptors (Lipinski definition) is 4. The van der Waals surface area contributed by atoms with E-state index in [2.05, 4.69) is 0 Å². The molecule has 2 amide bonds. The number of fused-ring (bicyclic) bond motifs is 1. The van der Waals surface area contributed by atoms with Gasteiger partial charge in [-0.15, -0.1) is 0 Å². The van der Waals surface area contributed by atoms with Gasteiger partial charge in [-0.05, 0) is 25.1 Å². The van der Waals surface area contributed by atoms with Crippen LogP contribution in [0.5, 0.6) is 5.75 Å². The van der Waals surface area contributed by atoms with Crippen molar-refractivity contribution >= 4 is 22.8 Å². The monoisotopic (exact) mass is 276 g/mol. The molecule has 2 rings (SSSR count). The first-order chi connectivity index (χ1) is 9.43. The number of hydrogen-bond donors (Lipinski definition) is 1. The molecule has 1 aromatic carbocycles. The topological polar surface area (TPSA) is 85.8 Å². The number of furan rings is 1. The lowest BCUT2D eigenvalue weighted by atomic mass is 10.1. The molecule has 0 spiro atoms. The van der Waals surface area contributed by atoms with Gasteiger partial charge >= 0.3 is 0 Å². The first-order valence-electron chi connectivity index (χ1n) is 6.05. The summed E-state index contributed by atoms with van der Waals surface area (Å²) in [6.07, 6.45) is 0. The lowest BCUT2D eigenvalue weighted by Gasteiger charge is -2.13. The van der Waals surface area contributed by atoms with Gasteiger partial charge in [0.2, 0.25) is 5.91 Å². The summed E-state index contributed by atoms with van der Waals surface area (Å²) in [5.74, 6) is -0.0596. The average molecular weight is 276 g/mol. The summed E-state index contributed by atoms with van der Waals surface area (Å²) in [7, 11) is 3.07. The molecule has 2 aromatic rings. The Kier molecular flexibility index (Phi) is 3.65. The van der Waals surface area contributed by atoms with Crippen molar-refractivity contribution in [2.24, 2.45) is 5.73 Å². The van der Waals surface area contributed by atoms with Crippen LogP contribution in [0.15, 0.2) is 22.6 Å². The van der Waals surface area contributed by atoms with E-state index >= 15 is 0 Å². The second kappa shape index (κ2) is 5.24. The highest BCUT2D eigenvalue weighted by Gasteiger charge is 2.22. The van der Waals surface area contributed by atoms with Crippen LogP contribution in [0.1, 0.15) is 16.1 Å². The summed E-state index contributed by atoms with van der Waals surface area (Å²) in [5.41, 5.74) is 6.39. The number of carbonyl (C=O) groups excluding carboxylic acids is 2. The maximum absolute atomic E-state index is 12.2. The van der Waals surface area contributed by atoms with Crippen LogP contribution in [-0.2, 0) is 4.79 Å². The van der Waals surface area contributed by atoms with Gasteiger partial charge < -0.3 is 19.8 Å². The number of amides is 2. The summed E-state index contributed by atoms with van der Waals surface area (Å²) in [6.45, 7) is 1.63. The highest BCUT2D eigenvalue weighted by molar-refractivity contribution is 6.00. The molecule has 6 heteroatoms. The minimum atomic E-state index is -0.573. The molecule has 20 heavy (non-hydrogen) atoms. The molecule has 6 nitrogen and oxygen atoms in total. The Morgan fingerprint density at radius 3 is 2.70 bits per heavy atom. The van der Waals surface area contributed by atoms with E-state index < -0.39 is 5.91 Å². The largest absolute Gasteiger partial charge is 0.497 e. The summed E-state index contributed by atoms with van der Waals surface area (Å²) in [6, 6.07) is 5.30. The van der Waals surface area contributed by atoms with Gasteiger partial charge in [-0.25, -0.2) is 0 Å². The first-order valence-corrected chi connectivity index (χ1v) is 6.05. The molecule has 0 aliphatic carbocycles. The molecule has 1 aromatic heterocycles. The Bertz CT molecular complexity index is 675. The van der Waals surface area contributed by atoms with Crippen LogP contribution in [0.3, 0.4) is 0 Å². The smallest absolute Gasteiger partial charge is 0.290 e. The highest BCUT2D eigenvalue weighted by atomic mass is 16.5. The fourth-order valence-corrected chi connectivity index (χ4v) is 2.01. The van der Waals surface area contributed by atoms with Crippen LogP contribution in [0.4, 0.5) is 0 Å². The molecular formula is C14H16N2O4. The van der Waals surface area contributed by atoms with Crippen molar-refractivity contribution in [3.63, 3.8) is 0 Å². The predicted octanol–water partition coefficient (Wildman–Crippen LogP) is 1.31. The Morgan fingerprint density at radius 1 is 1.40 bits per heavy atom. The van der Waals surface area contributed by atoms with E-state index in [1.165, 1.54) is 11.9 Å². The third-order valence-corrected chi connectivity index (χ3v) is 3.08. The van der Waals surface area contributed by atoms with Gasteiger partial charge in [0.05, 0.1) is 13.7 Å². The zero-order valence-corrected chi connectivity index (χ0v) is 11.6. The van der Waals surface area contributed by atoms with Gasteiger partial charge in [0.25, 0.3) is 5.91 Å². The van der Waals surface area contributed by atoms with Gasteiger partial charge in [-0.3, -0.25) is 9.59 Å². The van der Waals surface area contributed by atoms with Crippen LogP contribution >= 0.6 is 0 Å². The molecule has 0 bridgehead atoms. The molecular weight excluding hydrogens is 260 g/mol. The number of ether oxygens (including phenoxy) is 1. The normalized spacial score (nSPS) is 10.6. The minimum absolute atomic E-state index is 0.154. The molecule has 106 valence electrons. The molecule has 0 unspecified atom stereocenters. The molecule has 0 saturated carbocycles. The van der Waals surface area contributed by atoms with Gasteiger partial charge in [0.1, 0.15) is 11.3 Å². The van der Waals surface area contributed by atoms with Gasteiger partial charge in [-0.2, -0.15) is 0 Å². The maximum Gasteiger partial charge on any atom is 0.290 e. The summed E-state index contributed by atoms with van der Waals surface area (Å²) in [5, 5.41) is 0.806. The molecule has 0 aliphatic rings. The van der Waals surface area contributed by atoms with Gasteiger partial charge in [0.15, 0.2) is 5.76 Å². The lowest BCUT2D eigenvalue weighted by molar-refractivity contribution is -0.118. The van der Waals surface area contributed by atoms with Crippen molar-refractivity contribution in [3.8, 4) is 5.75 Å². The highest BCUT2D eigenvalue weighted by Crippen LogP contribution is 2.29. The number of carbonyl (C=O) groups is 2. The van der Waals surface area contributed by atoms with Gasteiger partial charge in [-0.1, -0.05) is 0 Å². The first kappa shape index (κ1) is 13.9. The van der Waals surface area contributed by atoms with E-state index in [9.17, 15) is 9.59 Å². The van der Waals surface area contributed by atoms with E-state index in [0.717, 1.165) is 5.39 Å². The van der Waals surface area contributed by atoms with E-state index in [0.29, 0.717) is 16.9 Å². The number of likely N-dealkylation sites (N-methyl/N-ethyl adjacent to an activating group) is 1. The van der Waals surface area contributed by atoms with Gasteiger partial charge in [0, 0.05) is 18.0 Å². The van der Waals surface area contributed by atoms with Crippen LogP contribution in [0.25, 0.3) is 11.0 Å². The standard InChI is InChI=1S/C14H16N2O4/c1-8-10-6-9(19-3)4-5-11(10)20-13(8)14(18)16(2)7-12(15)17/h4-6H,7H2,1-3H3,(H2,15,17). The van der Waals surface area contributed by atoms with E-state index in [1.807, 2.05) is 0 Å². The number of methoxy groups -OCH3 is 1. The molecule has 0 atom stereocenters. The maximum atomic E-state index is 12.2. The van der Waals surface area contributed by atoms with E-state index in [1.54, 1.807) is 32.2 Å². The molecule has 0 saturated heterocycles. The number of nitrogens with two attached hydrogens (primary N) is 1. The summed E-state index contributed by atoms with van der Waals surface area (Å²) in [4.78, 5) is 24.3. The third kappa shape index (κ3) is 2.45. The molecule has 0 aliphatic heterocycles. The molecule has 0 fully saturated rings. The summed E-state index contributed by atoms with van der Waals surface area (Å²) < 4.78 is 10.7. The van der Waals surface area contributed by atoms with Crippen molar-refractivity contribution in [3.05, 3.63) is 29.5 Å². The summed E-state index contributed by atoms with van der Waals surface area (Å²) >= 11 is 0. The van der Waals surface area contributed by atoms with Crippen LogP contribution in [-0.4, -0.2) is 37.4 Å². The minimum Gasteiger partial charge on any atom is -0.497 e. The molecule has 0 radical (unpaired) electrons. The number of aryl methyl sites for hydroxylation is 1. The zero-order valence-electron chi connectivity index (χ0n) is 11.6. The van der Waals surface area contributed by atoms with Crippen molar-refractivity contribution in [1.29, 1.82) is 0 Å². The van der Waals surface area contributed by atoms with Crippen molar-refractivity contribution in [2.75, 3.05) is 20.7 Å². The van der Waals surface area contributed by atoms with Crippen LogP contribution < -0.4 is 10.5 Å². The Labute approximate surface area is 116 Å². The quantitative estimate of drug-likeness (QED) is 0.912. The zero-order chi connectivity index (χ0) is 14.9. The molecule has 1 heterocycles. The predicted molar refractivity (Wildman–Crippen MR) is 73.7 cm³/mol. The second-order valence-corrected chi connectivity index (χ2v) is 4.55. The number of primary amides is 1. The van der Waals surface area contributed by atoms with Crippen LogP contribution in [0.2, 0.25) is 0 Å². The van der Waals surface area contributed by atoms with E-state index in [-0.39, 0.29) is 18.2 Å². The third-order valence-electron chi connectivity index (χ3n) is 3.08. The average Bonchev–Trinajstić information content (AvgIpc) is 2.74. The fraction of sp³-hybridized carbons (Fsp3) is 0.286. The van der Waals surface area contributed by atoms with Crippen molar-refractivity contribution in [2.45, 2.75) is 6.92 Å². The van der Waals surface area contributed by atoms with E-state index in [4.69, 9.17) is 14.9 Å². The Morgan fingerprint density at radius 2 is 2.10 bits per heavy atom. The molecule has 2 N–H and O–H groups in total. The number of benzene rings is 1. The fourth-order valence-electron chi connectivity index (χ4n) is 2.01.